The van der Waals surface area contributed by atoms with E-state index in [2.05, 4.69) is 21.8 Å². The maximum atomic E-state index is 5.83. The maximum Gasteiger partial charge on any atom is 0.209 e. The van der Waals surface area contributed by atoms with E-state index in [1.54, 1.807) is 0 Å². The molecule has 0 spiro atoms. The average molecular weight is 257 g/mol. The summed E-state index contributed by atoms with van der Waals surface area (Å²) in [6.07, 6.45) is 1.82. The van der Waals surface area contributed by atoms with Crippen LogP contribution in [-0.4, -0.2) is 48.0 Å². The molecule has 3 rings (SSSR count). The number of hydrogen-bond donors (Lipinski definition) is 0. The second kappa shape index (κ2) is 5.55. The molecule has 1 aliphatic heterocycles. The van der Waals surface area contributed by atoms with E-state index in [9.17, 15) is 0 Å². The number of rotatable bonds is 3. The smallest absolute Gasteiger partial charge is 0.209 e. The van der Waals surface area contributed by atoms with Crippen molar-refractivity contribution in [1.29, 1.82) is 0 Å². The summed E-state index contributed by atoms with van der Waals surface area (Å²) in [5, 5.41) is 0. The van der Waals surface area contributed by atoms with Gasteiger partial charge in [-0.15, -0.1) is 0 Å². The molecule has 19 heavy (non-hydrogen) atoms. The largest absolute Gasteiger partial charge is 0.439 e. The van der Waals surface area contributed by atoms with E-state index in [0.29, 0.717) is 0 Å². The Morgan fingerprint density at radius 2 is 1.84 bits per heavy atom. The summed E-state index contributed by atoms with van der Waals surface area (Å²) in [4.78, 5) is 9.12. The van der Waals surface area contributed by atoms with Gasteiger partial charge in [0.05, 0.1) is 12.7 Å². The number of oxazole rings is 1. The van der Waals surface area contributed by atoms with Crippen molar-refractivity contribution >= 4 is 0 Å². The Morgan fingerprint density at radius 1 is 1.11 bits per heavy atom. The zero-order valence-corrected chi connectivity index (χ0v) is 11.2. The Morgan fingerprint density at radius 3 is 2.58 bits per heavy atom. The summed E-state index contributed by atoms with van der Waals surface area (Å²) >= 11 is 0. The molecule has 2 aromatic rings. The molecule has 0 unspecified atom stereocenters. The molecule has 0 saturated carbocycles. The number of likely N-dealkylation sites (N-methyl/N-ethyl adjacent to an activating group) is 1. The van der Waals surface area contributed by atoms with Gasteiger partial charge in [0.2, 0.25) is 5.89 Å². The van der Waals surface area contributed by atoms with Gasteiger partial charge in [0.25, 0.3) is 0 Å². The predicted molar refractivity (Wildman–Crippen MR) is 74.7 cm³/mol. The van der Waals surface area contributed by atoms with Gasteiger partial charge in [0.15, 0.2) is 5.76 Å². The first-order chi connectivity index (χ1) is 9.31. The van der Waals surface area contributed by atoms with Gasteiger partial charge in [-0.1, -0.05) is 30.3 Å². The van der Waals surface area contributed by atoms with Crippen LogP contribution < -0.4 is 0 Å². The Bertz CT molecular complexity index is 515. The van der Waals surface area contributed by atoms with Gasteiger partial charge >= 0.3 is 0 Å². The molecule has 1 aromatic heterocycles. The van der Waals surface area contributed by atoms with Crippen molar-refractivity contribution in [1.82, 2.24) is 14.8 Å². The maximum absolute atomic E-state index is 5.83. The van der Waals surface area contributed by atoms with Crippen LogP contribution in [0.1, 0.15) is 5.89 Å². The molecular formula is C15H19N3O. The highest BCUT2D eigenvalue weighted by Crippen LogP contribution is 2.20. The third-order valence-electron chi connectivity index (χ3n) is 3.57. The topological polar surface area (TPSA) is 32.5 Å². The molecule has 0 amide bonds. The van der Waals surface area contributed by atoms with Crippen molar-refractivity contribution < 1.29 is 4.42 Å². The molecule has 0 aliphatic carbocycles. The lowest BCUT2D eigenvalue weighted by Crippen LogP contribution is -2.43. The van der Waals surface area contributed by atoms with E-state index in [0.717, 1.165) is 49.9 Å². The zero-order chi connectivity index (χ0) is 13.1. The Hall–Kier alpha value is -1.65. The van der Waals surface area contributed by atoms with E-state index < -0.39 is 0 Å². The van der Waals surface area contributed by atoms with Crippen LogP contribution in [-0.2, 0) is 6.54 Å². The van der Waals surface area contributed by atoms with Crippen molar-refractivity contribution in [2.75, 3.05) is 33.2 Å². The molecule has 0 N–H and O–H groups in total. The number of nitrogens with zero attached hydrogens (tertiary/aromatic N) is 3. The first-order valence-corrected chi connectivity index (χ1v) is 6.72. The normalized spacial score (nSPS) is 17.7. The summed E-state index contributed by atoms with van der Waals surface area (Å²) in [5.41, 5.74) is 1.08. The van der Waals surface area contributed by atoms with Gasteiger partial charge in [0, 0.05) is 31.7 Å². The van der Waals surface area contributed by atoms with E-state index in [1.807, 2.05) is 36.5 Å². The molecule has 1 fully saturated rings. The molecule has 4 heteroatoms. The van der Waals surface area contributed by atoms with Gasteiger partial charge in [-0.3, -0.25) is 4.90 Å². The fourth-order valence-electron chi connectivity index (χ4n) is 2.32. The minimum atomic E-state index is 0.806. The number of benzene rings is 1. The second-order valence-corrected chi connectivity index (χ2v) is 5.06. The highest BCUT2D eigenvalue weighted by atomic mass is 16.4. The second-order valence-electron chi connectivity index (χ2n) is 5.06. The first kappa shape index (κ1) is 12.4. The Kier molecular flexibility index (Phi) is 3.62. The fraction of sp³-hybridized carbons (Fsp3) is 0.400. The lowest BCUT2D eigenvalue weighted by molar-refractivity contribution is 0.138. The molecule has 0 atom stereocenters. The van der Waals surface area contributed by atoms with Gasteiger partial charge in [-0.2, -0.15) is 0 Å². The number of hydrogen-bond acceptors (Lipinski definition) is 4. The molecule has 100 valence electrons. The lowest BCUT2D eigenvalue weighted by Gasteiger charge is -2.31. The van der Waals surface area contributed by atoms with E-state index in [-0.39, 0.29) is 0 Å². The van der Waals surface area contributed by atoms with Crippen molar-refractivity contribution in [3.05, 3.63) is 42.4 Å². The molecule has 1 aliphatic rings. The van der Waals surface area contributed by atoms with E-state index >= 15 is 0 Å². The van der Waals surface area contributed by atoms with Crippen molar-refractivity contribution in [2.45, 2.75) is 6.54 Å². The summed E-state index contributed by atoms with van der Waals surface area (Å²) in [6.45, 7) is 5.21. The van der Waals surface area contributed by atoms with E-state index in [1.165, 1.54) is 0 Å². The highest BCUT2D eigenvalue weighted by Gasteiger charge is 2.16. The third kappa shape index (κ3) is 3.03. The van der Waals surface area contributed by atoms with Gasteiger partial charge < -0.3 is 9.32 Å². The van der Waals surface area contributed by atoms with Crippen LogP contribution in [0.5, 0.6) is 0 Å². The quantitative estimate of drug-likeness (QED) is 0.843. The summed E-state index contributed by atoms with van der Waals surface area (Å²) in [7, 11) is 2.16. The molecule has 0 bridgehead atoms. The summed E-state index contributed by atoms with van der Waals surface area (Å²) in [5.74, 6) is 1.66. The Labute approximate surface area is 113 Å². The number of piperazine rings is 1. The summed E-state index contributed by atoms with van der Waals surface area (Å²) < 4.78 is 5.83. The van der Waals surface area contributed by atoms with Crippen molar-refractivity contribution in [3.8, 4) is 11.3 Å². The minimum absolute atomic E-state index is 0.806. The van der Waals surface area contributed by atoms with Crippen LogP contribution in [0.15, 0.2) is 40.9 Å². The van der Waals surface area contributed by atoms with Crippen molar-refractivity contribution in [2.24, 2.45) is 0 Å². The Balaban J connectivity index is 1.65. The first-order valence-electron chi connectivity index (χ1n) is 6.72. The zero-order valence-electron chi connectivity index (χ0n) is 11.2. The molecule has 4 nitrogen and oxygen atoms in total. The van der Waals surface area contributed by atoms with Crippen molar-refractivity contribution in [3.63, 3.8) is 0 Å². The van der Waals surface area contributed by atoms with Gasteiger partial charge in [-0.05, 0) is 7.05 Å². The summed E-state index contributed by atoms with van der Waals surface area (Å²) in [6, 6.07) is 10.1. The molecule has 0 radical (unpaired) electrons. The SMILES string of the molecule is CN1CCN(Cc2ncc(-c3ccccc3)o2)CC1. The minimum Gasteiger partial charge on any atom is -0.439 e. The van der Waals surface area contributed by atoms with Crippen LogP contribution in [0.3, 0.4) is 0 Å². The lowest BCUT2D eigenvalue weighted by atomic mass is 10.2. The predicted octanol–water partition coefficient (Wildman–Crippen LogP) is 2.09. The molecule has 1 saturated heterocycles. The van der Waals surface area contributed by atoms with Crippen LogP contribution >= 0.6 is 0 Å². The van der Waals surface area contributed by atoms with E-state index in [4.69, 9.17) is 4.42 Å². The van der Waals surface area contributed by atoms with Crippen LogP contribution in [0.2, 0.25) is 0 Å². The van der Waals surface area contributed by atoms with Gasteiger partial charge in [-0.25, -0.2) is 4.98 Å². The van der Waals surface area contributed by atoms with Crippen LogP contribution in [0.25, 0.3) is 11.3 Å². The standard InChI is InChI=1S/C15H19N3O/c1-17-7-9-18(10-8-17)12-15-16-11-14(19-15)13-5-3-2-4-6-13/h2-6,11H,7-10,12H2,1H3. The third-order valence-corrected chi connectivity index (χ3v) is 3.57. The monoisotopic (exact) mass is 257 g/mol. The molecular weight excluding hydrogens is 238 g/mol. The molecule has 1 aromatic carbocycles. The average Bonchev–Trinajstić information content (AvgIpc) is 2.91. The van der Waals surface area contributed by atoms with Crippen LogP contribution in [0.4, 0.5) is 0 Å². The van der Waals surface area contributed by atoms with Crippen LogP contribution in [0, 0.1) is 0 Å². The fourth-order valence-corrected chi connectivity index (χ4v) is 2.32. The number of aromatic nitrogens is 1. The highest BCUT2D eigenvalue weighted by molar-refractivity contribution is 5.55. The molecule has 2 heterocycles. The van der Waals surface area contributed by atoms with Gasteiger partial charge in [0.1, 0.15) is 0 Å².